The molecular weight excluding hydrogens is 382 g/mol. The maximum absolute atomic E-state index is 14.2. The van der Waals surface area contributed by atoms with Crippen LogP contribution < -0.4 is 0 Å². The Morgan fingerprint density at radius 3 is 2.82 bits per heavy atom. The second-order valence-corrected chi connectivity index (χ2v) is 7.94. The maximum atomic E-state index is 14.2. The summed E-state index contributed by atoms with van der Waals surface area (Å²) in [4.78, 5) is 19.5. The maximum Gasteiger partial charge on any atom is 0.257 e. The highest BCUT2D eigenvalue weighted by atomic mass is 32.1. The van der Waals surface area contributed by atoms with E-state index in [1.165, 1.54) is 16.8 Å². The number of benzene rings is 1. The molecule has 0 aliphatic carbocycles. The number of hydrogen-bond donors (Lipinski definition) is 0. The van der Waals surface area contributed by atoms with Crippen LogP contribution in [0.5, 0.6) is 0 Å². The third kappa shape index (κ3) is 3.32. The summed E-state index contributed by atoms with van der Waals surface area (Å²) in [5.74, 6) is -1.24. The normalized spacial score (nSPS) is 17.1. The van der Waals surface area contributed by atoms with Crippen LogP contribution in [0, 0.1) is 25.5 Å². The van der Waals surface area contributed by atoms with E-state index in [9.17, 15) is 13.6 Å². The van der Waals surface area contributed by atoms with Crippen molar-refractivity contribution in [2.75, 3.05) is 13.1 Å². The van der Waals surface area contributed by atoms with Gasteiger partial charge in [0.15, 0.2) is 5.82 Å². The van der Waals surface area contributed by atoms with E-state index in [0.29, 0.717) is 30.0 Å². The molecule has 1 aliphatic heterocycles. The lowest BCUT2D eigenvalue weighted by Gasteiger charge is -2.32. The molecule has 1 aromatic carbocycles. The van der Waals surface area contributed by atoms with Gasteiger partial charge in [0.25, 0.3) is 5.91 Å². The molecule has 5 nitrogen and oxygen atoms in total. The highest BCUT2D eigenvalue weighted by Gasteiger charge is 2.30. The monoisotopic (exact) mass is 402 g/mol. The van der Waals surface area contributed by atoms with Gasteiger partial charge in [0.1, 0.15) is 11.5 Å². The van der Waals surface area contributed by atoms with E-state index < -0.39 is 11.6 Å². The molecule has 146 valence electrons. The molecule has 1 saturated heterocycles. The van der Waals surface area contributed by atoms with E-state index in [4.69, 9.17) is 0 Å². The Labute approximate surface area is 165 Å². The third-order valence-corrected chi connectivity index (χ3v) is 6.09. The van der Waals surface area contributed by atoms with Crippen LogP contribution in [0.1, 0.15) is 45.5 Å². The van der Waals surface area contributed by atoms with Crippen LogP contribution in [0.15, 0.2) is 29.8 Å². The predicted octanol–water partition coefficient (Wildman–Crippen LogP) is 4.24. The topological polar surface area (TPSA) is 51.0 Å². The first-order valence-electron chi connectivity index (χ1n) is 9.16. The number of carbonyl (C=O) groups excluding carboxylic acids is 1. The molecule has 1 amide bonds. The summed E-state index contributed by atoms with van der Waals surface area (Å²) in [7, 11) is 0. The molecule has 28 heavy (non-hydrogen) atoms. The smallest absolute Gasteiger partial charge is 0.257 e. The molecule has 4 rings (SSSR count). The SMILES string of the molecule is Cc1nn(-c2ccc(F)cc2F)c(C)c1C(=O)N1CCCC(c2nccs2)C1. The first-order chi connectivity index (χ1) is 13.5. The first-order valence-corrected chi connectivity index (χ1v) is 10.0. The number of halogens is 2. The van der Waals surface area contributed by atoms with Crippen molar-refractivity contribution in [3.8, 4) is 5.69 Å². The van der Waals surface area contributed by atoms with Gasteiger partial charge in [-0.3, -0.25) is 4.79 Å². The molecule has 3 heterocycles. The van der Waals surface area contributed by atoms with E-state index in [2.05, 4.69) is 10.1 Å². The van der Waals surface area contributed by atoms with Crippen molar-refractivity contribution in [1.29, 1.82) is 0 Å². The Kier molecular flexibility index (Phi) is 4.97. The fourth-order valence-corrected chi connectivity index (χ4v) is 4.56. The quantitative estimate of drug-likeness (QED) is 0.658. The molecule has 0 saturated carbocycles. The molecule has 1 unspecified atom stereocenters. The number of nitrogens with zero attached hydrogens (tertiary/aromatic N) is 4. The van der Waals surface area contributed by atoms with Gasteiger partial charge < -0.3 is 4.90 Å². The zero-order valence-corrected chi connectivity index (χ0v) is 16.5. The highest BCUT2D eigenvalue weighted by Crippen LogP contribution is 2.30. The van der Waals surface area contributed by atoms with Gasteiger partial charge in [-0.05, 0) is 38.8 Å². The van der Waals surface area contributed by atoms with Crippen LogP contribution in [0.2, 0.25) is 0 Å². The number of hydrogen-bond acceptors (Lipinski definition) is 4. The van der Waals surface area contributed by atoms with Gasteiger partial charge in [0, 0.05) is 36.7 Å². The summed E-state index contributed by atoms with van der Waals surface area (Å²) >= 11 is 1.61. The van der Waals surface area contributed by atoms with Gasteiger partial charge >= 0.3 is 0 Å². The van der Waals surface area contributed by atoms with Gasteiger partial charge in [-0.2, -0.15) is 5.10 Å². The number of aromatic nitrogens is 3. The lowest BCUT2D eigenvalue weighted by atomic mass is 9.98. The van der Waals surface area contributed by atoms with Crippen LogP contribution in [-0.4, -0.2) is 38.7 Å². The van der Waals surface area contributed by atoms with Crippen molar-refractivity contribution >= 4 is 17.2 Å². The first kappa shape index (κ1) is 18.7. The molecule has 1 aliphatic rings. The Bertz CT molecular complexity index is 1020. The number of rotatable bonds is 3. The van der Waals surface area contributed by atoms with Gasteiger partial charge in [-0.25, -0.2) is 18.4 Å². The van der Waals surface area contributed by atoms with Gasteiger partial charge in [-0.15, -0.1) is 11.3 Å². The molecule has 0 N–H and O–H groups in total. The van der Waals surface area contributed by atoms with Crippen LogP contribution in [-0.2, 0) is 0 Å². The Morgan fingerprint density at radius 2 is 2.11 bits per heavy atom. The van der Waals surface area contributed by atoms with Crippen LogP contribution in [0.3, 0.4) is 0 Å². The minimum Gasteiger partial charge on any atom is -0.338 e. The van der Waals surface area contributed by atoms with Gasteiger partial charge in [0.05, 0.1) is 22.0 Å². The zero-order chi connectivity index (χ0) is 19.8. The predicted molar refractivity (Wildman–Crippen MR) is 103 cm³/mol. The lowest BCUT2D eigenvalue weighted by Crippen LogP contribution is -2.39. The standard InChI is InChI=1S/C20H20F2N4OS/c1-12-18(13(2)26(24-12)17-6-5-15(21)10-16(17)22)20(27)25-8-3-4-14(11-25)19-23-7-9-28-19/h5-7,9-10,14H,3-4,8,11H2,1-2H3. The molecule has 0 radical (unpaired) electrons. The van der Waals surface area contributed by atoms with E-state index in [1.54, 1.807) is 31.4 Å². The Hall–Kier alpha value is -2.61. The second kappa shape index (κ2) is 7.43. The minimum absolute atomic E-state index is 0.106. The molecule has 8 heteroatoms. The summed E-state index contributed by atoms with van der Waals surface area (Å²) < 4.78 is 28.8. The van der Waals surface area contributed by atoms with E-state index in [-0.39, 0.29) is 17.5 Å². The van der Waals surface area contributed by atoms with Gasteiger partial charge in [-0.1, -0.05) is 0 Å². The van der Waals surface area contributed by atoms with Crippen molar-refractivity contribution in [2.45, 2.75) is 32.6 Å². The highest BCUT2D eigenvalue weighted by molar-refractivity contribution is 7.09. The molecule has 3 aromatic rings. The number of thiazole rings is 1. The van der Waals surface area contributed by atoms with Crippen molar-refractivity contribution in [2.24, 2.45) is 0 Å². The van der Waals surface area contributed by atoms with Crippen LogP contribution >= 0.6 is 11.3 Å². The van der Waals surface area contributed by atoms with Crippen LogP contribution in [0.4, 0.5) is 8.78 Å². The fourth-order valence-electron chi connectivity index (χ4n) is 3.80. The fraction of sp³-hybridized carbons (Fsp3) is 0.350. The summed E-state index contributed by atoms with van der Waals surface area (Å²) in [6.07, 6.45) is 3.71. The third-order valence-electron chi connectivity index (χ3n) is 5.15. The molecule has 1 atom stereocenters. The molecule has 1 fully saturated rings. The molecular formula is C20H20F2N4OS. The summed E-state index contributed by atoms with van der Waals surface area (Å²) in [6.45, 7) is 4.76. The van der Waals surface area contributed by atoms with E-state index >= 15 is 0 Å². The molecule has 0 bridgehead atoms. The zero-order valence-electron chi connectivity index (χ0n) is 15.7. The van der Waals surface area contributed by atoms with Gasteiger partial charge in [0.2, 0.25) is 0 Å². The Morgan fingerprint density at radius 1 is 1.29 bits per heavy atom. The number of piperidine rings is 1. The van der Waals surface area contributed by atoms with Crippen LogP contribution in [0.25, 0.3) is 5.69 Å². The number of amides is 1. The Balaban J connectivity index is 1.64. The van der Waals surface area contributed by atoms with Crippen molar-refractivity contribution < 1.29 is 13.6 Å². The summed E-state index contributed by atoms with van der Waals surface area (Å²) in [5, 5.41) is 7.35. The molecule has 0 spiro atoms. The number of aryl methyl sites for hydroxylation is 1. The summed E-state index contributed by atoms with van der Waals surface area (Å²) in [5.41, 5.74) is 1.68. The number of carbonyl (C=O) groups is 1. The molecule has 2 aromatic heterocycles. The van der Waals surface area contributed by atoms with Crippen molar-refractivity contribution in [3.63, 3.8) is 0 Å². The number of likely N-dealkylation sites (tertiary alicyclic amines) is 1. The minimum atomic E-state index is -0.716. The average molecular weight is 402 g/mol. The van der Waals surface area contributed by atoms with E-state index in [1.807, 2.05) is 10.3 Å². The van der Waals surface area contributed by atoms with E-state index in [0.717, 1.165) is 23.9 Å². The average Bonchev–Trinajstić information content (AvgIpc) is 3.30. The largest absolute Gasteiger partial charge is 0.338 e. The van der Waals surface area contributed by atoms with Crippen molar-refractivity contribution in [1.82, 2.24) is 19.7 Å². The second-order valence-electron chi connectivity index (χ2n) is 7.01. The lowest BCUT2D eigenvalue weighted by molar-refractivity contribution is 0.0705. The van der Waals surface area contributed by atoms with Crippen molar-refractivity contribution in [3.05, 3.63) is 63.4 Å². The summed E-state index contributed by atoms with van der Waals surface area (Å²) in [6, 6.07) is 3.33.